The molecule has 19 heavy (non-hydrogen) atoms. The third-order valence-electron chi connectivity index (χ3n) is 2.30. The van der Waals surface area contributed by atoms with E-state index in [2.05, 4.69) is 34.7 Å². The van der Waals surface area contributed by atoms with Crippen molar-refractivity contribution in [3.63, 3.8) is 0 Å². The second-order valence-electron chi connectivity index (χ2n) is 5.38. The lowest BCUT2D eigenvalue weighted by Crippen LogP contribution is -2.27. The monoisotopic (exact) mass is 266 g/mol. The van der Waals surface area contributed by atoms with Gasteiger partial charge in [0.1, 0.15) is 11.4 Å². The van der Waals surface area contributed by atoms with Crippen molar-refractivity contribution >= 4 is 17.7 Å². The zero-order chi connectivity index (χ0) is 14.5. The molecule has 1 unspecified atom stereocenters. The quantitative estimate of drug-likeness (QED) is 0.876. The van der Waals surface area contributed by atoms with Crippen molar-refractivity contribution in [1.29, 1.82) is 0 Å². The summed E-state index contributed by atoms with van der Waals surface area (Å²) in [6.07, 6.45) is 0.462. The predicted molar refractivity (Wildman–Crippen MR) is 75.3 cm³/mol. The van der Waals surface area contributed by atoms with Crippen molar-refractivity contribution in [2.75, 3.05) is 10.6 Å². The van der Waals surface area contributed by atoms with E-state index in [1.807, 2.05) is 0 Å². The Hall–Kier alpha value is -1.85. The lowest BCUT2D eigenvalue weighted by Gasteiger charge is -2.19. The third kappa shape index (κ3) is 6.03. The highest BCUT2D eigenvalue weighted by Crippen LogP contribution is 2.11. The van der Waals surface area contributed by atoms with Gasteiger partial charge in [0.25, 0.3) is 0 Å². The standard InChI is InChI=1S/C13H22N4O2/c1-6-9(2)14-10-7-8-11(17-16-10)15-12(18)19-13(3,4)5/h7-9H,6H2,1-5H3,(H,14,16)(H,15,17,18). The van der Waals surface area contributed by atoms with Gasteiger partial charge in [0.15, 0.2) is 5.82 Å². The first kappa shape index (κ1) is 15.2. The number of carbonyl (C=O) groups is 1. The molecule has 106 valence electrons. The van der Waals surface area contributed by atoms with Crippen LogP contribution in [0.1, 0.15) is 41.0 Å². The molecule has 0 aliphatic carbocycles. The van der Waals surface area contributed by atoms with Crippen molar-refractivity contribution in [3.8, 4) is 0 Å². The SMILES string of the molecule is CCC(C)Nc1ccc(NC(=O)OC(C)(C)C)nn1. The van der Waals surface area contributed by atoms with E-state index in [0.717, 1.165) is 6.42 Å². The molecule has 6 nitrogen and oxygen atoms in total. The molecule has 1 aromatic rings. The molecule has 0 saturated carbocycles. The van der Waals surface area contributed by atoms with Crippen LogP contribution in [-0.4, -0.2) is 27.9 Å². The second-order valence-corrected chi connectivity index (χ2v) is 5.38. The number of carbonyl (C=O) groups excluding carboxylic acids is 1. The number of anilines is 2. The van der Waals surface area contributed by atoms with Crippen LogP contribution in [0.5, 0.6) is 0 Å². The zero-order valence-electron chi connectivity index (χ0n) is 12.2. The molecule has 0 aliphatic heterocycles. The maximum Gasteiger partial charge on any atom is 0.413 e. The molecule has 1 rings (SSSR count). The Kier molecular flexibility index (Phi) is 5.09. The van der Waals surface area contributed by atoms with E-state index >= 15 is 0 Å². The van der Waals surface area contributed by atoms with Crippen LogP contribution in [-0.2, 0) is 4.74 Å². The minimum atomic E-state index is -0.538. The summed E-state index contributed by atoms with van der Waals surface area (Å²) in [4.78, 5) is 11.5. The van der Waals surface area contributed by atoms with Crippen LogP contribution in [0, 0.1) is 0 Å². The number of hydrogen-bond acceptors (Lipinski definition) is 5. The predicted octanol–water partition coefficient (Wildman–Crippen LogP) is 3.03. The minimum absolute atomic E-state index is 0.332. The maximum atomic E-state index is 11.5. The average molecular weight is 266 g/mol. The minimum Gasteiger partial charge on any atom is -0.444 e. The Balaban J connectivity index is 2.55. The first-order valence-corrected chi connectivity index (χ1v) is 6.40. The molecule has 0 spiro atoms. The summed E-state index contributed by atoms with van der Waals surface area (Å²) in [5.41, 5.74) is -0.532. The summed E-state index contributed by atoms with van der Waals surface area (Å²) < 4.78 is 5.12. The second kappa shape index (κ2) is 6.36. The van der Waals surface area contributed by atoms with Crippen LogP contribution in [0.2, 0.25) is 0 Å². The number of ether oxygens (including phenoxy) is 1. The van der Waals surface area contributed by atoms with E-state index in [1.54, 1.807) is 32.9 Å². The van der Waals surface area contributed by atoms with Crippen LogP contribution < -0.4 is 10.6 Å². The Morgan fingerprint density at radius 1 is 1.32 bits per heavy atom. The highest BCUT2D eigenvalue weighted by atomic mass is 16.6. The fourth-order valence-electron chi connectivity index (χ4n) is 1.24. The largest absolute Gasteiger partial charge is 0.444 e. The molecule has 6 heteroatoms. The Bertz CT molecular complexity index is 412. The van der Waals surface area contributed by atoms with Crippen LogP contribution >= 0.6 is 0 Å². The molecule has 0 bridgehead atoms. The molecule has 0 aliphatic rings. The summed E-state index contributed by atoms with van der Waals surface area (Å²) >= 11 is 0. The van der Waals surface area contributed by atoms with Gasteiger partial charge in [0, 0.05) is 6.04 Å². The molecule has 0 saturated heterocycles. The summed E-state index contributed by atoms with van der Waals surface area (Å²) in [6, 6.07) is 3.78. The molecule has 1 heterocycles. The third-order valence-corrected chi connectivity index (χ3v) is 2.30. The van der Waals surface area contributed by atoms with E-state index in [1.165, 1.54) is 0 Å². The molecule has 1 aromatic heterocycles. The van der Waals surface area contributed by atoms with Gasteiger partial charge in [-0.05, 0) is 46.2 Å². The average Bonchev–Trinajstić information content (AvgIpc) is 2.29. The maximum absolute atomic E-state index is 11.5. The molecular formula is C13H22N4O2. The first-order valence-electron chi connectivity index (χ1n) is 6.40. The van der Waals surface area contributed by atoms with E-state index < -0.39 is 11.7 Å². The van der Waals surface area contributed by atoms with Gasteiger partial charge < -0.3 is 10.1 Å². The van der Waals surface area contributed by atoms with Crippen LogP contribution in [0.4, 0.5) is 16.4 Å². The zero-order valence-corrected chi connectivity index (χ0v) is 12.2. The molecule has 1 amide bonds. The molecule has 0 aromatic carbocycles. The van der Waals surface area contributed by atoms with Crippen molar-refractivity contribution in [2.45, 2.75) is 52.7 Å². The number of hydrogen-bond donors (Lipinski definition) is 2. The van der Waals surface area contributed by atoms with Crippen LogP contribution in [0.3, 0.4) is 0 Å². The van der Waals surface area contributed by atoms with Crippen LogP contribution in [0.15, 0.2) is 12.1 Å². The van der Waals surface area contributed by atoms with Crippen molar-refractivity contribution in [2.24, 2.45) is 0 Å². The van der Waals surface area contributed by atoms with E-state index in [9.17, 15) is 4.79 Å². The van der Waals surface area contributed by atoms with Gasteiger partial charge in [0.05, 0.1) is 0 Å². The van der Waals surface area contributed by atoms with Gasteiger partial charge in [-0.2, -0.15) is 0 Å². The summed E-state index contributed by atoms with van der Waals surface area (Å²) in [6.45, 7) is 9.56. The van der Waals surface area contributed by atoms with E-state index in [4.69, 9.17) is 4.74 Å². The van der Waals surface area contributed by atoms with Gasteiger partial charge >= 0.3 is 6.09 Å². The van der Waals surface area contributed by atoms with Gasteiger partial charge in [-0.3, -0.25) is 5.32 Å². The highest BCUT2D eigenvalue weighted by Gasteiger charge is 2.16. The lowest BCUT2D eigenvalue weighted by molar-refractivity contribution is 0.0635. The van der Waals surface area contributed by atoms with Gasteiger partial charge in [-0.25, -0.2) is 4.79 Å². The van der Waals surface area contributed by atoms with Crippen molar-refractivity contribution in [3.05, 3.63) is 12.1 Å². The Labute approximate surface area is 113 Å². The molecule has 0 fully saturated rings. The Morgan fingerprint density at radius 3 is 2.37 bits per heavy atom. The number of aromatic nitrogens is 2. The first-order chi connectivity index (χ1) is 8.80. The fourth-order valence-corrected chi connectivity index (χ4v) is 1.24. The van der Waals surface area contributed by atoms with Gasteiger partial charge in [-0.1, -0.05) is 6.92 Å². The van der Waals surface area contributed by atoms with E-state index in [0.29, 0.717) is 17.7 Å². The summed E-state index contributed by atoms with van der Waals surface area (Å²) in [5.74, 6) is 1.05. The fraction of sp³-hybridized carbons (Fsp3) is 0.615. The molecule has 0 radical (unpaired) electrons. The van der Waals surface area contributed by atoms with Gasteiger partial charge in [-0.15, -0.1) is 10.2 Å². The van der Waals surface area contributed by atoms with Crippen LogP contribution in [0.25, 0.3) is 0 Å². The van der Waals surface area contributed by atoms with Gasteiger partial charge in [0.2, 0.25) is 0 Å². The number of rotatable bonds is 4. The van der Waals surface area contributed by atoms with E-state index in [-0.39, 0.29) is 0 Å². The highest BCUT2D eigenvalue weighted by molar-refractivity contribution is 5.83. The Morgan fingerprint density at radius 2 is 1.89 bits per heavy atom. The number of nitrogens with one attached hydrogen (secondary N) is 2. The molecular weight excluding hydrogens is 244 g/mol. The topological polar surface area (TPSA) is 76.1 Å². The summed E-state index contributed by atoms with van der Waals surface area (Å²) in [5, 5.41) is 13.6. The molecule has 2 N–H and O–H groups in total. The summed E-state index contributed by atoms with van der Waals surface area (Å²) in [7, 11) is 0. The normalized spacial score (nSPS) is 12.7. The smallest absolute Gasteiger partial charge is 0.413 e. The van der Waals surface area contributed by atoms with Crippen molar-refractivity contribution in [1.82, 2.24) is 10.2 Å². The number of nitrogens with zero attached hydrogens (tertiary/aromatic N) is 2. The molecule has 1 atom stereocenters. The number of amides is 1. The lowest BCUT2D eigenvalue weighted by atomic mass is 10.2. The van der Waals surface area contributed by atoms with Crippen molar-refractivity contribution < 1.29 is 9.53 Å².